The molecule has 1 aromatic carbocycles. The average molecular weight is 466 g/mol. The highest BCUT2D eigenvalue weighted by molar-refractivity contribution is 6.07. The molecule has 5 N–H and O–H groups in total. The van der Waals surface area contributed by atoms with Crippen LogP contribution in [0.25, 0.3) is 11.3 Å². The van der Waals surface area contributed by atoms with E-state index in [9.17, 15) is 13.6 Å². The van der Waals surface area contributed by atoms with Gasteiger partial charge in [0.15, 0.2) is 11.5 Å². The van der Waals surface area contributed by atoms with Gasteiger partial charge in [-0.25, -0.2) is 13.8 Å². The molecule has 1 amide bonds. The van der Waals surface area contributed by atoms with Crippen molar-refractivity contribution in [2.24, 2.45) is 11.7 Å². The van der Waals surface area contributed by atoms with Crippen LogP contribution in [0.15, 0.2) is 42.7 Å². The Morgan fingerprint density at radius 3 is 2.79 bits per heavy atom. The topological polar surface area (TPSA) is 116 Å². The van der Waals surface area contributed by atoms with E-state index in [0.717, 1.165) is 30.9 Å². The largest absolute Gasteiger partial charge is 0.493 e. The van der Waals surface area contributed by atoms with Gasteiger partial charge in [0.25, 0.3) is 5.91 Å². The molecule has 1 aliphatic heterocycles. The average Bonchev–Trinajstić information content (AvgIpc) is 2.79. The molecule has 4 bridgehead atoms. The van der Waals surface area contributed by atoms with Crippen LogP contribution >= 0.6 is 0 Å². The Hall–Kier alpha value is -3.59. The van der Waals surface area contributed by atoms with E-state index in [4.69, 9.17) is 16.2 Å². The number of nitrogens with two attached hydrogens (primary N) is 2. The van der Waals surface area contributed by atoms with Gasteiger partial charge in [-0.15, -0.1) is 0 Å². The highest BCUT2D eigenvalue weighted by Gasteiger charge is 2.31. The maximum Gasteiger partial charge on any atom is 0.276 e. The summed E-state index contributed by atoms with van der Waals surface area (Å²) in [6.45, 7) is 0.310. The molecule has 2 aliphatic rings. The number of fused-ring (bicyclic) bond motifs is 8. The normalized spacial score (nSPS) is 22.3. The lowest BCUT2D eigenvalue weighted by Crippen LogP contribution is -2.33. The van der Waals surface area contributed by atoms with Crippen LogP contribution in [-0.4, -0.2) is 28.5 Å². The lowest BCUT2D eigenvalue weighted by molar-refractivity contribution is 0.102. The summed E-state index contributed by atoms with van der Waals surface area (Å²) in [7, 11) is 0. The van der Waals surface area contributed by atoms with Crippen LogP contribution in [0.4, 0.5) is 20.2 Å². The number of carbonyl (C=O) groups is 1. The monoisotopic (exact) mass is 465 g/mol. The first kappa shape index (κ1) is 22.2. The number of benzene rings is 1. The van der Waals surface area contributed by atoms with Gasteiger partial charge in [-0.2, -0.15) is 0 Å². The second-order valence-corrected chi connectivity index (χ2v) is 8.95. The van der Waals surface area contributed by atoms with E-state index in [-0.39, 0.29) is 46.3 Å². The number of ether oxygens (including phenoxy) is 1. The molecule has 2 aromatic heterocycles. The molecule has 3 aromatic rings. The van der Waals surface area contributed by atoms with E-state index in [1.54, 1.807) is 18.5 Å². The lowest BCUT2D eigenvalue weighted by Gasteiger charge is -2.34. The molecule has 5 rings (SSSR count). The number of hydrogen-bond donors (Lipinski definition) is 3. The minimum atomic E-state index is -0.850. The number of rotatable bonds is 0. The van der Waals surface area contributed by atoms with Gasteiger partial charge in [-0.1, -0.05) is 6.07 Å². The Morgan fingerprint density at radius 2 is 1.94 bits per heavy atom. The molecule has 176 valence electrons. The zero-order valence-electron chi connectivity index (χ0n) is 18.4. The maximum atomic E-state index is 14.9. The molecule has 0 saturated heterocycles. The van der Waals surface area contributed by atoms with Crippen molar-refractivity contribution in [2.75, 3.05) is 17.7 Å². The van der Waals surface area contributed by atoms with Crippen molar-refractivity contribution in [3.8, 4) is 17.0 Å². The second kappa shape index (κ2) is 8.98. The van der Waals surface area contributed by atoms with Crippen molar-refractivity contribution in [1.82, 2.24) is 9.97 Å². The van der Waals surface area contributed by atoms with Crippen molar-refractivity contribution in [2.45, 2.75) is 37.6 Å². The van der Waals surface area contributed by atoms with Crippen LogP contribution in [-0.2, 0) is 0 Å². The van der Waals surface area contributed by atoms with Gasteiger partial charge in [0.2, 0.25) is 0 Å². The summed E-state index contributed by atoms with van der Waals surface area (Å²) in [5.74, 6) is -1.65. The molecule has 9 heteroatoms. The summed E-state index contributed by atoms with van der Waals surface area (Å²) in [5, 5.41) is 2.82. The van der Waals surface area contributed by atoms with Crippen molar-refractivity contribution < 1.29 is 18.3 Å². The highest BCUT2D eigenvalue weighted by Crippen LogP contribution is 2.41. The Labute approximate surface area is 195 Å². The molecule has 1 saturated carbocycles. The molecule has 0 radical (unpaired) electrons. The van der Waals surface area contributed by atoms with E-state index < -0.39 is 17.5 Å². The Kier molecular flexibility index (Phi) is 5.87. The van der Waals surface area contributed by atoms with Crippen LogP contribution < -0.4 is 21.5 Å². The molecule has 3 heterocycles. The third-order valence-electron chi connectivity index (χ3n) is 6.60. The summed E-state index contributed by atoms with van der Waals surface area (Å²) >= 11 is 0. The molecule has 0 spiro atoms. The summed E-state index contributed by atoms with van der Waals surface area (Å²) in [6, 6.07) is 7.10. The minimum Gasteiger partial charge on any atom is -0.493 e. The Bertz CT molecular complexity index is 1250. The molecule has 7 nitrogen and oxygen atoms in total. The van der Waals surface area contributed by atoms with Crippen LogP contribution in [0.2, 0.25) is 0 Å². The number of pyridine rings is 2. The van der Waals surface area contributed by atoms with E-state index in [1.807, 2.05) is 6.07 Å². The maximum absolute atomic E-state index is 14.9. The van der Waals surface area contributed by atoms with Gasteiger partial charge in [-0.3, -0.25) is 9.78 Å². The fourth-order valence-corrected chi connectivity index (χ4v) is 5.07. The number of halogens is 2. The SMILES string of the molecule is Nc1cc(F)c2nc1C(=O)Nc1cnccc1[C@H]1C[C@@H](N)C[C@@H](CCOc3cccc(F)c3-2)C1. The van der Waals surface area contributed by atoms with Crippen LogP contribution in [0, 0.1) is 17.6 Å². The Morgan fingerprint density at radius 1 is 1.09 bits per heavy atom. The fraction of sp³-hybridized carbons (Fsp3) is 0.320. The van der Waals surface area contributed by atoms with Gasteiger partial charge < -0.3 is 21.5 Å². The van der Waals surface area contributed by atoms with Gasteiger partial charge in [0.1, 0.15) is 17.3 Å². The number of aromatic nitrogens is 2. The summed E-state index contributed by atoms with van der Waals surface area (Å²) in [5.41, 5.74) is 12.9. The molecule has 1 aliphatic carbocycles. The smallest absolute Gasteiger partial charge is 0.276 e. The number of nitrogens with one attached hydrogen (secondary N) is 1. The van der Waals surface area contributed by atoms with Gasteiger partial charge in [0, 0.05) is 18.3 Å². The summed E-state index contributed by atoms with van der Waals surface area (Å²) in [6.07, 6.45) is 6.44. The number of nitrogen functional groups attached to an aromatic ring is 1. The van der Waals surface area contributed by atoms with Crippen molar-refractivity contribution in [3.05, 3.63) is 65.6 Å². The van der Waals surface area contributed by atoms with Gasteiger partial charge >= 0.3 is 0 Å². The lowest BCUT2D eigenvalue weighted by atomic mass is 9.74. The standard InChI is InChI=1S/C25H25F2N5O2/c26-17-2-1-3-21-22(17)23-18(27)11-19(29)24(32-23)25(33)31-20-12-30-6-4-16(20)14-8-13(5-7-34-21)9-15(28)10-14/h1-4,6,11-15H,5,7-10,28-29H2,(H,31,33)/t13-,14+,15-/m0/s1. The predicted molar refractivity (Wildman–Crippen MR) is 124 cm³/mol. The first-order valence-corrected chi connectivity index (χ1v) is 11.3. The van der Waals surface area contributed by atoms with Crippen LogP contribution in [0.5, 0.6) is 5.75 Å². The number of carbonyl (C=O) groups excluding carboxylic acids is 1. The Balaban J connectivity index is 1.65. The zero-order chi connectivity index (χ0) is 23.8. The molecule has 0 unspecified atom stereocenters. The van der Waals surface area contributed by atoms with Crippen LogP contribution in [0.3, 0.4) is 0 Å². The van der Waals surface area contributed by atoms with E-state index >= 15 is 0 Å². The predicted octanol–water partition coefficient (Wildman–Crippen LogP) is 4.25. The van der Waals surface area contributed by atoms with E-state index in [0.29, 0.717) is 18.7 Å². The van der Waals surface area contributed by atoms with Crippen LogP contribution in [0.1, 0.15) is 47.7 Å². The number of anilines is 2. The number of amides is 1. The second-order valence-electron chi connectivity index (χ2n) is 8.95. The van der Waals surface area contributed by atoms with Crippen molar-refractivity contribution in [1.29, 1.82) is 0 Å². The number of nitrogens with zero attached hydrogens (tertiary/aromatic N) is 2. The first-order valence-electron chi connectivity index (χ1n) is 11.3. The first-order chi connectivity index (χ1) is 16.4. The quantitative estimate of drug-likeness (QED) is 0.457. The molecule has 1 fully saturated rings. The third-order valence-corrected chi connectivity index (χ3v) is 6.60. The van der Waals surface area contributed by atoms with E-state index in [1.165, 1.54) is 12.1 Å². The highest BCUT2D eigenvalue weighted by atomic mass is 19.1. The zero-order valence-corrected chi connectivity index (χ0v) is 18.4. The van der Waals surface area contributed by atoms with Gasteiger partial charge in [0.05, 0.1) is 29.7 Å². The van der Waals surface area contributed by atoms with Gasteiger partial charge in [-0.05, 0) is 61.3 Å². The number of hydrogen-bond acceptors (Lipinski definition) is 6. The minimum absolute atomic E-state index is 0.00213. The molecular formula is C25H25F2N5O2. The molecular weight excluding hydrogens is 440 g/mol. The third kappa shape index (κ3) is 4.19. The van der Waals surface area contributed by atoms with E-state index in [2.05, 4.69) is 15.3 Å². The van der Waals surface area contributed by atoms with Crippen molar-refractivity contribution >= 4 is 17.3 Å². The summed E-state index contributed by atoms with van der Waals surface area (Å²) in [4.78, 5) is 21.5. The van der Waals surface area contributed by atoms with Crippen molar-refractivity contribution in [3.63, 3.8) is 0 Å². The molecule has 3 atom stereocenters. The molecule has 34 heavy (non-hydrogen) atoms. The summed E-state index contributed by atoms with van der Waals surface area (Å²) < 4.78 is 35.7. The fourth-order valence-electron chi connectivity index (χ4n) is 5.07.